The Morgan fingerprint density at radius 2 is 0.732 bits per heavy atom. The lowest BCUT2D eigenvalue weighted by Gasteiger charge is -2.23. The minimum Gasteiger partial charge on any atom is -0.309 e. The van der Waals surface area contributed by atoms with Crippen molar-refractivity contribution < 1.29 is 0 Å². The maximum Gasteiger partial charge on any atom is 0.138 e. The van der Waals surface area contributed by atoms with Crippen LogP contribution in [0.2, 0.25) is 0 Å². The standard InChI is InChI=1S/C53H33N3/c1-2-15-37-36(14-1)38-16-3-4-18-40(38)42-30-28-34(32-46(42)41-19-6-5-17-39(37)41)48-23-13-27-53(54-48)56-51-26-12-9-22-45(51)47-33-35(29-31-52(47)56)55-49-24-10-7-20-43(49)44-21-8-11-25-50(44)55/h1-33H. The number of para-hydroxylation sites is 3. The number of benzene rings is 8. The number of hydrogen-bond donors (Lipinski definition) is 0. The van der Waals surface area contributed by atoms with E-state index in [2.05, 4.69) is 209 Å². The first-order chi connectivity index (χ1) is 27.8. The summed E-state index contributed by atoms with van der Waals surface area (Å²) in [4.78, 5) is 5.42. The fourth-order valence-corrected chi connectivity index (χ4v) is 9.28. The van der Waals surface area contributed by atoms with Gasteiger partial charge in [0.2, 0.25) is 0 Å². The predicted molar refractivity (Wildman–Crippen MR) is 234 cm³/mol. The van der Waals surface area contributed by atoms with Crippen molar-refractivity contribution in [3.63, 3.8) is 0 Å². The van der Waals surface area contributed by atoms with E-state index >= 15 is 0 Å². The lowest BCUT2D eigenvalue weighted by molar-refractivity contribution is 1.08. The van der Waals surface area contributed by atoms with E-state index in [1.54, 1.807) is 0 Å². The van der Waals surface area contributed by atoms with Crippen molar-refractivity contribution >= 4 is 43.6 Å². The monoisotopic (exact) mass is 711 g/mol. The molecule has 3 heteroatoms. The number of pyridine rings is 1. The zero-order valence-electron chi connectivity index (χ0n) is 30.4. The van der Waals surface area contributed by atoms with Crippen molar-refractivity contribution in [3.05, 3.63) is 200 Å². The Labute approximate surface area is 324 Å². The van der Waals surface area contributed by atoms with Crippen molar-refractivity contribution in [1.29, 1.82) is 0 Å². The lowest BCUT2D eigenvalue weighted by Crippen LogP contribution is -2.00. The summed E-state index contributed by atoms with van der Waals surface area (Å²) in [5.74, 6) is 0.893. The first kappa shape index (κ1) is 30.9. The zero-order valence-corrected chi connectivity index (χ0v) is 30.4. The second kappa shape index (κ2) is 12.0. The summed E-state index contributed by atoms with van der Waals surface area (Å²) in [6.45, 7) is 0. The van der Waals surface area contributed by atoms with Crippen molar-refractivity contribution in [3.8, 4) is 67.3 Å². The van der Waals surface area contributed by atoms with Crippen LogP contribution in [-0.2, 0) is 0 Å². The Kier molecular flexibility index (Phi) is 6.63. The molecule has 0 N–H and O–H groups in total. The maximum absolute atomic E-state index is 5.42. The summed E-state index contributed by atoms with van der Waals surface area (Å²) in [6.07, 6.45) is 0. The Morgan fingerprint density at radius 1 is 0.286 bits per heavy atom. The molecular formula is C53H33N3. The Morgan fingerprint density at radius 3 is 1.30 bits per heavy atom. The zero-order chi connectivity index (χ0) is 36.7. The molecule has 1 aliphatic carbocycles. The fraction of sp³-hybridized carbons (Fsp3) is 0. The van der Waals surface area contributed by atoms with Gasteiger partial charge in [0.25, 0.3) is 0 Å². The molecule has 0 bridgehead atoms. The van der Waals surface area contributed by atoms with Crippen LogP contribution in [0.1, 0.15) is 0 Å². The molecule has 0 spiro atoms. The molecule has 0 fully saturated rings. The molecule has 0 unspecified atom stereocenters. The molecule has 0 atom stereocenters. The minimum atomic E-state index is 0.893. The quantitative estimate of drug-likeness (QED) is 0.179. The van der Waals surface area contributed by atoms with Crippen LogP contribution in [-0.4, -0.2) is 14.1 Å². The third-order valence-electron chi connectivity index (χ3n) is 11.7. The van der Waals surface area contributed by atoms with Crippen LogP contribution in [0.4, 0.5) is 0 Å². The fourth-order valence-electron chi connectivity index (χ4n) is 9.28. The number of nitrogens with zero attached hydrogens (tertiary/aromatic N) is 3. The van der Waals surface area contributed by atoms with Gasteiger partial charge in [0, 0.05) is 32.8 Å². The van der Waals surface area contributed by atoms with Gasteiger partial charge in [-0.3, -0.25) is 4.57 Å². The Balaban J connectivity index is 1.03. The van der Waals surface area contributed by atoms with Gasteiger partial charge in [-0.1, -0.05) is 146 Å². The first-order valence-electron chi connectivity index (χ1n) is 19.2. The van der Waals surface area contributed by atoms with Gasteiger partial charge in [-0.25, -0.2) is 4.98 Å². The van der Waals surface area contributed by atoms with E-state index < -0.39 is 0 Å². The number of aromatic nitrogens is 3. The topological polar surface area (TPSA) is 22.8 Å². The number of hydrogen-bond acceptors (Lipinski definition) is 1. The van der Waals surface area contributed by atoms with E-state index in [1.807, 2.05) is 0 Å². The largest absolute Gasteiger partial charge is 0.309 e. The van der Waals surface area contributed by atoms with Gasteiger partial charge in [0.05, 0.1) is 27.8 Å². The van der Waals surface area contributed by atoms with Crippen LogP contribution in [0, 0.1) is 0 Å². The number of fused-ring (bicyclic) bond motifs is 14. The Bertz CT molecular complexity index is 3320. The van der Waals surface area contributed by atoms with E-state index in [4.69, 9.17) is 4.98 Å². The highest BCUT2D eigenvalue weighted by atomic mass is 15.1. The molecule has 0 radical (unpaired) electrons. The average Bonchev–Trinajstić information content (AvgIpc) is 3.78. The molecule has 0 saturated heterocycles. The van der Waals surface area contributed by atoms with Crippen molar-refractivity contribution in [2.24, 2.45) is 0 Å². The smallest absolute Gasteiger partial charge is 0.138 e. The molecular weight excluding hydrogens is 679 g/mol. The summed E-state index contributed by atoms with van der Waals surface area (Å²) >= 11 is 0. The summed E-state index contributed by atoms with van der Waals surface area (Å²) in [5, 5.41) is 4.92. The molecule has 0 saturated carbocycles. The highest BCUT2D eigenvalue weighted by molar-refractivity contribution is 6.12. The Hall–Kier alpha value is -7.49. The van der Waals surface area contributed by atoms with Gasteiger partial charge >= 0.3 is 0 Å². The normalized spacial score (nSPS) is 11.9. The van der Waals surface area contributed by atoms with Gasteiger partial charge < -0.3 is 4.57 Å². The SMILES string of the molecule is c1cc(-c2ccc3c(c2)-c2ccccc2-c2ccccc2-c2ccccc2-3)nc(-n2c3ccccc3c3cc(-n4c5ccccc5c5ccccc54)ccc32)c1. The molecule has 0 amide bonds. The molecule has 12 rings (SSSR count). The minimum absolute atomic E-state index is 0.893. The van der Waals surface area contributed by atoms with Gasteiger partial charge in [0.1, 0.15) is 5.82 Å². The van der Waals surface area contributed by atoms with Crippen LogP contribution < -0.4 is 0 Å². The van der Waals surface area contributed by atoms with E-state index in [0.717, 1.165) is 33.8 Å². The molecule has 11 aromatic rings. The molecule has 3 heterocycles. The highest BCUT2D eigenvalue weighted by Crippen LogP contribution is 2.48. The van der Waals surface area contributed by atoms with Gasteiger partial charge in [-0.2, -0.15) is 0 Å². The van der Waals surface area contributed by atoms with Crippen LogP contribution >= 0.6 is 0 Å². The van der Waals surface area contributed by atoms with Gasteiger partial charge in [0.15, 0.2) is 0 Å². The third-order valence-corrected chi connectivity index (χ3v) is 11.7. The molecule has 8 aromatic carbocycles. The van der Waals surface area contributed by atoms with E-state index in [-0.39, 0.29) is 0 Å². The van der Waals surface area contributed by atoms with E-state index in [0.29, 0.717) is 0 Å². The van der Waals surface area contributed by atoms with Gasteiger partial charge in [-0.05, 0) is 99.1 Å². The van der Waals surface area contributed by atoms with Crippen LogP contribution in [0.3, 0.4) is 0 Å². The van der Waals surface area contributed by atoms with Gasteiger partial charge in [-0.15, -0.1) is 0 Å². The average molecular weight is 712 g/mol. The van der Waals surface area contributed by atoms with Crippen molar-refractivity contribution in [1.82, 2.24) is 14.1 Å². The molecule has 3 aromatic heterocycles. The van der Waals surface area contributed by atoms with Crippen LogP contribution in [0.15, 0.2) is 200 Å². The second-order valence-corrected chi connectivity index (χ2v) is 14.7. The van der Waals surface area contributed by atoms with Crippen molar-refractivity contribution in [2.75, 3.05) is 0 Å². The van der Waals surface area contributed by atoms with E-state index in [9.17, 15) is 0 Å². The molecule has 0 aliphatic heterocycles. The first-order valence-corrected chi connectivity index (χ1v) is 19.2. The molecule has 56 heavy (non-hydrogen) atoms. The maximum atomic E-state index is 5.42. The number of rotatable bonds is 3. The van der Waals surface area contributed by atoms with Crippen LogP contribution in [0.25, 0.3) is 111 Å². The summed E-state index contributed by atoms with van der Waals surface area (Å²) in [7, 11) is 0. The molecule has 260 valence electrons. The highest BCUT2D eigenvalue weighted by Gasteiger charge is 2.23. The summed E-state index contributed by atoms with van der Waals surface area (Å²) < 4.78 is 4.71. The molecule has 3 nitrogen and oxygen atoms in total. The van der Waals surface area contributed by atoms with Crippen LogP contribution in [0.5, 0.6) is 0 Å². The second-order valence-electron chi connectivity index (χ2n) is 14.7. The molecule has 1 aliphatic rings. The van der Waals surface area contributed by atoms with Crippen molar-refractivity contribution in [2.45, 2.75) is 0 Å². The summed E-state index contributed by atoms with van der Waals surface area (Å²) in [5.41, 5.74) is 17.7. The summed E-state index contributed by atoms with van der Waals surface area (Å²) in [6, 6.07) is 72.6. The van der Waals surface area contributed by atoms with E-state index in [1.165, 1.54) is 77.1 Å². The predicted octanol–water partition coefficient (Wildman–Crippen LogP) is 13.9. The lowest BCUT2D eigenvalue weighted by atomic mass is 9.80. The third kappa shape index (κ3) is 4.49.